The molecule has 1 aromatic rings. The first-order valence-electron chi connectivity index (χ1n) is 9.35. The number of benzene rings is 1. The maximum Gasteiger partial charge on any atom is 0.410 e. The van der Waals surface area contributed by atoms with E-state index in [0.717, 1.165) is 5.56 Å². The van der Waals surface area contributed by atoms with Crippen molar-refractivity contribution in [3.05, 3.63) is 35.9 Å². The molecule has 150 valence electrons. The second kappa shape index (κ2) is 9.60. The number of hydrogen-bond donors (Lipinski definition) is 1. The molecule has 1 unspecified atom stereocenters. The zero-order valence-corrected chi connectivity index (χ0v) is 16.6. The van der Waals surface area contributed by atoms with Crippen molar-refractivity contribution in [3.63, 3.8) is 0 Å². The molecule has 1 fully saturated rings. The van der Waals surface area contributed by atoms with Crippen molar-refractivity contribution in [2.75, 3.05) is 19.7 Å². The summed E-state index contributed by atoms with van der Waals surface area (Å²) in [5.74, 6) is 0. The molecule has 1 aliphatic rings. The molecule has 1 saturated heterocycles. The molecule has 27 heavy (non-hydrogen) atoms. The largest absolute Gasteiger partial charge is 0.445 e. The first kappa shape index (κ1) is 21.0. The van der Waals surface area contributed by atoms with E-state index in [-0.39, 0.29) is 18.8 Å². The number of amides is 2. The Labute approximate surface area is 161 Å². The van der Waals surface area contributed by atoms with E-state index in [2.05, 4.69) is 5.32 Å². The van der Waals surface area contributed by atoms with Gasteiger partial charge >= 0.3 is 12.2 Å². The molecular weight excluding hydrogens is 348 g/mol. The molecule has 1 N–H and O–H groups in total. The second-order valence-corrected chi connectivity index (χ2v) is 7.52. The van der Waals surface area contributed by atoms with Gasteiger partial charge in [0.25, 0.3) is 0 Å². The summed E-state index contributed by atoms with van der Waals surface area (Å²) < 4.78 is 16.5. The van der Waals surface area contributed by atoms with Crippen LogP contribution in [0.1, 0.15) is 39.7 Å². The molecule has 2 rings (SSSR count). The fourth-order valence-electron chi connectivity index (χ4n) is 2.92. The molecule has 7 heteroatoms. The van der Waals surface area contributed by atoms with E-state index >= 15 is 0 Å². The van der Waals surface area contributed by atoms with Gasteiger partial charge in [0.2, 0.25) is 0 Å². The lowest BCUT2D eigenvalue weighted by molar-refractivity contribution is -0.0172. The smallest absolute Gasteiger partial charge is 0.410 e. The number of carbonyl (C=O) groups is 2. The fourth-order valence-corrected chi connectivity index (χ4v) is 2.92. The highest BCUT2D eigenvalue weighted by Crippen LogP contribution is 2.17. The molecule has 1 heterocycles. The van der Waals surface area contributed by atoms with Crippen LogP contribution in [0.4, 0.5) is 9.59 Å². The topological polar surface area (TPSA) is 77.1 Å². The minimum atomic E-state index is -0.589. The van der Waals surface area contributed by atoms with Crippen LogP contribution in [0.3, 0.4) is 0 Å². The van der Waals surface area contributed by atoms with Gasteiger partial charge in [-0.05, 0) is 39.7 Å². The van der Waals surface area contributed by atoms with Gasteiger partial charge in [0, 0.05) is 19.7 Å². The first-order valence-corrected chi connectivity index (χ1v) is 9.35. The fraction of sp³-hybridized carbons (Fsp3) is 0.600. The Morgan fingerprint density at radius 3 is 2.56 bits per heavy atom. The van der Waals surface area contributed by atoms with E-state index in [0.29, 0.717) is 26.1 Å². The van der Waals surface area contributed by atoms with Crippen LogP contribution >= 0.6 is 0 Å². The Kier molecular flexibility index (Phi) is 7.47. The van der Waals surface area contributed by atoms with Gasteiger partial charge in [-0.3, -0.25) is 0 Å². The van der Waals surface area contributed by atoms with Gasteiger partial charge in [-0.2, -0.15) is 0 Å². The number of nitrogens with one attached hydrogen (secondary N) is 1. The second-order valence-electron chi connectivity index (χ2n) is 7.52. The third-order valence-electron chi connectivity index (χ3n) is 4.10. The van der Waals surface area contributed by atoms with Crippen LogP contribution in [0, 0.1) is 0 Å². The highest BCUT2D eigenvalue weighted by atomic mass is 16.6. The van der Waals surface area contributed by atoms with Crippen LogP contribution in [-0.4, -0.2) is 54.5 Å². The average molecular weight is 378 g/mol. The van der Waals surface area contributed by atoms with Crippen LogP contribution in [0.2, 0.25) is 0 Å². The van der Waals surface area contributed by atoms with Crippen LogP contribution < -0.4 is 5.32 Å². The summed E-state index contributed by atoms with van der Waals surface area (Å²) >= 11 is 0. The normalized spacial score (nSPS) is 20.1. The van der Waals surface area contributed by atoms with Crippen LogP contribution in [0.5, 0.6) is 0 Å². The predicted octanol–water partition coefficient (Wildman–Crippen LogP) is 3.33. The Morgan fingerprint density at radius 2 is 1.93 bits per heavy atom. The molecule has 7 nitrogen and oxygen atoms in total. The van der Waals surface area contributed by atoms with E-state index in [1.807, 2.05) is 37.3 Å². The Morgan fingerprint density at radius 1 is 1.22 bits per heavy atom. The Hall–Kier alpha value is -2.28. The van der Waals surface area contributed by atoms with E-state index in [9.17, 15) is 9.59 Å². The van der Waals surface area contributed by atoms with Crippen LogP contribution in [-0.2, 0) is 20.8 Å². The standard InChI is InChI=1S/C20H30N2O5/c1-5-25-17-11-12-22(13-16(17)21-18(23)27-20(2,3)4)19(24)26-14-15-9-7-6-8-10-15/h6-10,16-17H,5,11-14H2,1-4H3,(H,21,23)/t16?,17-/m0/s1. The summed E-state index contributed by atoms with van der Waals surface area (Å²) in [4.78, 5) is 26.2. The summed E-state index contributed by atoms with van der Waals surface area (Å²) in [6.07, 6.45) is -0.462. The predicted molar refractivity (Wildman–Crippen MR) is 101 cm³/mol. The SMILES string of the molecule is CCO[C@H]1CCN(C(=O)OCc2ccccc2)CC1NC(=O)OC(C)(C)C. The van der Waals surface area contributed by atoms with Gasteiger partial charge in [-0.15, -0.1) is 0 Å². The number of hydrogen-bond acceptors (Lipinski definition) is 5. The van der Waals surface area contributed by atoms with Crippen LogP contribution in [0.15, 0.2) is 30.3 Å². The highest BCUT2D eigenvalue weighted by molar-refractivity contribution is 5.70. The third kappa shape index (κ3) is 7.09. The number of likely N-dealkylation sites (tertiary alicyclic amines) is 1. The van der Waals surface area contributed by atoms with Crippen molar-refractivity contribution < 1.29 is 23.8 Å². The van der Waals surface area contributed by atoms with Crippen molar-refractivity contribution in [1.82, 2.24) is 10.2 Å². The van der Waals surface area contributed by atoms with Crippen molar-refractivity contribution in [2.45, 2.75) is 58.5 Å². The first-order chi connectivity index (χ1) is 12.8. The molecule has 0 saturated carbocycles. The maximum atomic E-state index is 12.4. The summed E-state index contributed by atoms with van der Waals surface area (Å²) in [7, 11) is 0. The molecule has 2 amide bonds. The van der Waals surface area contributed by atoms with Gasteiger partial charge < -0.3 is 24.4 Å². The summed E-state index contributed by atoms with van der Waals surface area (Å²) in [6, 6.07) is 9.17. The lowest BCUT2D eigenvalue weighted by atomic mass is 10.0. The molecular formula is C20H30N2O5. The molecule has 2 atom stereocenters. The molecule has 1 aliphatic heterocycles. The zero-order chi connectivity index (χ0) is 19.9. The zero-order valence-electron chi connectivity index (χ0n) is 16.6. The molecule has 0 spiro atoms. The molecule has 0 radical (unpaired) electrons. The van der Waals surface area contributed by atoms with Crippen molar-refractivity contribution in [2.24, 2.45) is 0 Å². The lowest BCUT2D eigenvalue weighted by Gasteiger charge is -2.38. The van der Waals surface area contributed by atoms with Gasteiger partial charge in [-0.1, -0.05) is 30.3 Å². The number of carbonyl (C=O) groups excluding carboxylic acids is 2. The summed E-state index contributed by atoms with van der Waals surface area (Å²) in [5.41, 5.74) is 0.340. The molecule has 1 aromatic carbocycles. The number of rotatable bonds is 5. The van der Waals surface area contributed by atoms with E-state index in [4.69, 9.17) is 14.2 Å². The summed E-state index contributed by atoms with van der Waals surface area (Å²) in [6.45, 7) is 8.92. The molecule has 0 aliphatic carbocycles. The molecule has 0 aromatic heterocycles. The monoisotopic (exact) mass is 378 g/mol. The van der Waals surface area contributed by atoms with Gasteiger partial charge in [0.15, 0.2) is 0 Å². The number of nitrogens with zero attached hydrogens (tertiary/aromatic N) is 1. The summed E-state index contributed by atoms with van der Waals surface area (Å²) in [5, 5.41) is 2.83. The molecule has 0 bridgehead atoms. The van der Waals surface area contributed by atoms with Crippen molar-refractivity contribution >= 4 is 12.2 Å². The Balaban J connectivity index is 1.93. The van der Waals surface area contributed by atoms with Gasteiger partial charge in [-0.25, -0.2) is 9.59 Å². The van der Waals surface area contributed by atoms with E-state index < -0.39 is 17.8 Å². The number of alkyl carbamates (subject to hydrolysis) is 1. The minimum absolute atomic E-state index is 0.166. The van der Waals surface area contributed by atoms with E-state index in [1.165, 1.54) is 0 Å². The highest BCUT2D eigenvalue weighted by Gasteiger charge is 2.34. The quantitative estimate of drug-likeness (QED) is 0.850. The van der Waals surface area contributed by atoms with Crippen molar-refractivity contribution in [3.8, 4) is 0 Å². The van der Waals surface area contributed by atoms with Gasteiger partial charge in [0.05, 0.1) is 12.1 Å². The Bertz CT molecular complexity index is 615. The number of ether oxygens (including phenoxy) is 3. The lowest BCUT2D eigenvalue weighted by Crippen LogP contribution is -2.57. The van der Waals surface area contributed by atoms with E-state index in [1.54, 1.807) is 25.7 Å². The number of piperidine rings is 1. The van der Waals surface area contributed by atoms with Crippen LogP contribution in [0.25, 0.3) is 0 Å². The minimum Gasteiger partial charge on any atom is -0.445 e. The third-order valence-corrected chi connectivity index (χ3v) is 4.10. The van der Waals surface area contributed by atoms with Gasteiger partial charge in [0.1, 0.15) is 12.2 Å². The maximum absolute atomic E-state index is 12.4. The van der Waals surface area contributed by atoms with Crippen molar-refractivity contribution in [1.29, 1.82) is 0 Å². The average Bonchev–Trinajstić information content (AvgIpc) is 2.60.